The van der Waals surface area contributed by atoms with E-state index in [2.05, 4.69) is 20.9 Å². The van der Waals surface area contributed by atoms with Gasteiger partial charge in [-0.25, -0.2) is 17.8 Å². The summed E-state index contributed by atoms with van der Waals surface area (Å²) in [6.07, 6.45) is 1.59. The highest BCUT2D eigenvalue weighted by atomic mass is 32.2. The van der Waals surface area contributed by atoms with Gasteiger partial charge >= 0.3 is 0 Å². The number of thiazole rings is 1. The lowest BCUT2D eigenvalue weighted by molar-refractivity contribution is -0.126. The topological polar surface area (TPSA) is 175 Å². The molecule has 4 rings (SSSR count). The van der Waals surface area contributed by atoms with Crippen molar-refractivity contribution in [2.75, 3.05) is 30.8 Å². The van der Waals surface area contributed by atoms with Crippen LogP contribution >= 0.6 is 11.3 Å². The third-order valence-corrected chi connectivity index (χ3v) is 9.15. The Kier molecular flexibility index (Phi) is 8.90. The summed E-state index contributed by atoms with van der Waals surface area (Å²) in [5.41, 5.74) is 0.787. The van der Waals surface area contributed by atoms with Gasteiger partial charge in [0.05, 0.1) is 22.5 Å². The molecule has 1 atom stereocenters. The number of benzene rings is 2. The molecule has 1 aliphatic carbocycles. The van der Waals surface area contributed by atoms with E-state index in [0.717, 1.165) is 30.2 Å². The molecule has 1 aromatic heterocycles. The number of aromatic nitrogens is 1. The summed E-state index contributed by atoms with van der Waals surface area (Å²) in [5, 5.41) is 23.9. The lowest BCUT2D eigenvalue weighted by Crippen LogP contribution is -2.41. The highest BCUT2D eigenvalue weighted by Crippen LogP contribution is 2.37. The van der Waals surface area contributed by atoms with Gasteiger partial charge in [0.25, 0.3) is 0 Å². The molecule has 5 N–H and O–H groups in total. The molecule has 1 heterocycles. The minimum Gasteiger partial charge on any atom is -0.396 e. The normalized spacial score (nSPS) is 14.1. The molecule has 3 amide bonds. The summed E-state index contributed by atoms with van der Waals surface area (Å²) in [6.45, 7) is -1.58. The first kappa shape index (κ1) is 28.5. The Morgan fingerprint density at radius 3 is 2.54 bits per heavy atom. The molecular weight excluding hydrogens is 551 g/mol. The largest absolute Gasteiger partial charge is 0.396 e. The molecule has 11 nitrogen and oxygen atoms in total. The number of carbonyl (C=O) groups is 3. The zero-order chi connectivity index (χ0) is 28.2. The quantitative estimate of drug-likeness (QED) is 0.214. The molecule has 1 unspecified atom stereocenters. The molecule has 1 aliphatic rings. The molecule has 39 heavy (non-hydrogen) atoms. The van der Waals surface area contributed by atoms with Gasteiger partial charge in [-0.15, -0.1) is 11.3 Å². The van der Waals surface area contributed by atoms with Gasteiger partial charge in [0.2, 0.25) is 17.7 Å². The summed E-state index contributed by atoms with van der Waals surface area (Å²) in [4.78, 5) is 41.1. The van der Waals surface area contributed by atoms with Gasteiger partial charge in [0.1, 0.15) is 17.4 Å². The molecule has 0 spiro atoms. The van der Waals surface area contributed by atoms with E-state index in [0.29, 0.717) is 10.3 Å². The van der Waals surface area contributed by atoms with Crippen molar-refractivity contribution in [1.29, 1.82) is 0 Å². The van der Waals surface area contributed by atoms with Crippen molar-refractivity contribution in [3.63, 3.8) is 0 Å². The zero-order valence-corrected chi connectivity index (χ0v) is 22.3. The van der Waals surface area contributed by atoms with Gasteiger partial charge in [0, 0.05) is 35.5 Å². The number of nitrogens with one attached hydrogen (secondary N) is 3. The predicted octanol–water partition coefficient (Wildman–Crippen LogP) is 1.27. The lowest BCUT2D eigenvalue weighted by atomic mass is 10.0. The van der Waals surface area contributed by atoms with Gasteiger partial charge in [0.15, 0.2) is 15.1 Å². The maximum Gasteiger partial charge on any atom is 0.250 e. The number of anilines is 1. The zero-order valence-electron chi connectivity index (χ0n) is 20.6. The van der Waals surface area contributed by atoms with E-state index in [-0.39, 0.29) is 34.2 Å². The number of para-hydroxylation sites is 1. The number of fused-ring (bicyclic) bond motifs is 1. The molecule has 208 valence electrons. The van der Waals surface area contributed by atoms with Crippen LogP contribution in [0, 0.1) is 5.82 Å². The molecule has 0 radical (unpaired) electrons. The number of amides is 3. The number of carbonyl (C=O) groups excluding carboxylic acids is 3. The molecule has 1 saturated carbocycles. The maximum atomic E-state index is 15.2. The van der Waals surface area contributed by atoms with Crippen molar-refractivity contribution in [3.8, 4) is 11.1 Å². The summed E-state index contributed by atoms with van der Waals surface area (Å²) in [6, 6.07) is 8.98. The van der Waals surface area contributed by atoms with E-state index < -0.39 is 64.1 Å². The summed E-state index contributed by atoms with van der Waals surface area (Å²) in [5.74, 6) is -3.28. The number of halogens is 1. The number of hydrogen-bond donors (Lipinski definition) is 5. The fourth-order valence-electron chi connectivity index (χ4n) is 3.88. The third-order valence-electron chi connectivity index (χ3n) is 5.90. The Labute approximate surface area is 227 Å². The smallest absolute Gasteiger partial charge is 0.250 e. The van der Waals surface area contributed by atoms with Crippen LogP contribution in [0.3, 0.4) is 0 Å². The molecule has 1 fully saturated rings. The van der Waals surface area contributed by atoms with Gasteiger partial charge in [-0.2, -0.15) is 0 Å². The Hall–Kier alpha value is -3.46. The fraction of sp³-hybridized carbons (Fsp3) is 0.360. The second kappa shape index (κ2) is 12.2. The number of rotatable bonds is 12. The van der Waals surface area contributed by atoms with Crippen LogP contribution in [-0.4, -0.2) is 72.9 Å². The van der Waals surface area contributed by atoms with E-state index in [4.69, 9.17) is 10.2 Å². The van der Waals surface area contributed by atoms with Crippen molar-refractivity contribution in [2.24, 2.45) is 0 Å². The standard InChI is InChI=1S/C25H27FN4O7S2/c26-17-11-19-20(10-16(17)15-4-1-2-5-18(15)29-22(34)13-32)38-25(30-19)23(39(36,37)9-3-8-31)24(35)27-12-21(33)28-14-6-7-14/h1-2,4-5,10-11,14,23,31-32H,3,6-9,12-13H2,(H,27,35)(H,28,33)(H,29,34). The van der Waals surface area contributed by atoms with Crippen LogP contribution in [0.4, 0.5) is 10.1 Å². The Morgan fingerprint density at radius 1 is 1.10 bits per heavy atom. The maximum absolute atomic E-state index is 15.2. The van der Waals surface area contributed by atoms with E-state index in [9.17, 15) is 22.8 Å². The molecule has 14 heteroatoms. The first-order valence-electron chi connectivity index (χ1n) is 12.1. The predicted molar refractivity (Wildman–Crippen MR) is 143 cm³/mol. The summed E-state index contributed by atoms with van der Waals surface area (Å²) >= 11 is 0.883. The lowest BCUT2D eigenvalue weighted by Gasteiger charge is -2.15. The minimum absolute atomic E-state index is 0.0638. The van der Waals surface area contributed by atoms with E-state index in [1.807, 2.05) is 0 Å². The van der Waals surface area contributed by atoms with Crippen LogP contribution in [0.15, 0.2) is 36.4 Å². The van der Waals surface area contributed by atoms with Gasteiger partial charge in [-0.05, 0) is 31.4 Å². The monoisotopic (exact) mass is 578 g/mol. The molecule has 0 saturated heterocycles. The third kappa shape index (κ3) is 6.95. The van der Waals surface area contributed by atoms with Crippen LogP contribution in [-0.2, 0) is 24.2 Å². The van der Waals surface area contributed by atoms with Crippen LogP contribution in [0.1, 0.15) is 29.5 Å². The van der Waals surface area contributed by atoms with Crippen LogP contribution in [0.25, 0.3) is 21.3 Å². The molecular formula is C25H27FN4O7S2. The van der Waals surface area contributed by atoms with Crippen LogP contribution in [0.5, 0.6) is 0 Å². The highest BCUT2D eigenvalue weighted by Gasteiger charge is 2.37. The minimum atomic E-state index is -4.16. The van der Waals surface area contributed by atoms with E-state index in [1.165, 1.54) is 12.1 Å². The summed E-state index contributed by atoms with van der Waals surface area (Å²) in [7, 11) is -4.16. The van der Waals surface area contributed by atoms with Gasteiger partial charge in [-0.3, -0.25) is 14.4 Å². The Morgan fingerprint density at radius 2 is 1.85 bits per heavy atom. The van der Waals surface area contributed by atoms with Gasteiger partial charge in [-0.1, -0.05) is 18.2 Å². The van der Waals surface area contributed by atoms with Crippen molar-refractivity contribution < 1.29 is 37.4 Å². The Balaban J connectivity index is 1.69. The number of aliphatic hydroxyl groups excluding tert-OH is 2. The SMILES string of the molecule is O=C(CO)Nc1ccccc1-c1cc2sc(C(C(=O)NCC(=O)NC3CC3)S(=O)(=O)CCCO)nc2cc1F. The number of hydrogen-bond acceptors (Lipinski definition) is 9. The molecule has 2 aromatic carbocycles. The fourth-order valence-corrected chi connectivity index (χ4v) is 6.97. The average molecular weight is 579 g/mol. The van der Waals surface area contributed by atoms with Crippen molar-refractivity contribution in [3.05, 3.63) is 47.2 Å². The highest BCUT2D eigenvalue weighted by molar-refractivity contribution is 7.92. The second-order valence-corrected chi connectivity index (χ2v) is 12.3. The number of nitrogens with zero attached hydrogens (tertiary/aromatic N) is 1. The summed E-state index contributed by atoms with van der Waals surface area (Å²) < 4.78 is 41.9. The Bertz CT molecular complexity index is 1510. The van der Waals surface area contributed by atoms with Crippen molar-refractivity contribution in [2.45, 2.75) is 30.6 Å². The van der Waals surface area contributed by atoms with Crippen molar-refractivity contribution >= 4 is 54.8 Å². The average Bonchev–Trinajstić information content (AvgIpc) is 3.63. The first-order valence-corrected chi connectivity index (χ1v) is 14.7. The second-order valence-electron chi connectivity index (χ2n) is 8.99. The number of sulfone groups is 1. The van der Waals surface area contributed by atoms with E-state index in [1.54, 1.807) is 18.2 Å². The molecule has 3 aromatic rings. The van der Waals surface area contributed by atoms with Crippen LogP contribution < -0.4 is 16.0 Å². The van der Waals surface area contributed by atoms with E-state index >= 15 is 4.39 Å². The first-order chi connectivity index (χ1) is 18.6. The van der Waals surface area contributed by atoms with Crippen molar-refractivity contribution in [1.82, 2.24) is 15.6 Å². The van der Waals surface area contributed by atoms with Crippen LogP contribution in [0.2, 0.25) is 0 Å². The number of aliphatic hydroxyl groups is 2. The molecule has 0 bridgehead atoms. The van der Waals surface area contributed by atoms with Gasteiger partial charge < -0.3 is 26.2 Å². The molecule has 0 aliphatic heterocycles.